The lowest BCUT2D eigenvalue weighted by atomic mass is 10.2. The molecule has 0 radical (unpaired) electrons. The third kappa shape index (κ3) is 3.99. The number of rotatable bonds is 5. The number of carbonyl (C=O) groups is 1. The quantitative estimate of drug-likeness (QED) is 0.784. The van der Waals surface area contributed by atoms with Gasteiger partial charge in [0.15, 0.2) is 0 Å². The summed E-state index contributed by atoms with van der Waals surface area (Å²) < 4.78 is 24.5. The lowest BCUT2D eigenvalue weighted by Gasteiger charge is -2.21. The highest BCUT2D eigenvalue weighted by Crippen LogP contribution is 2.23. The van der Waals surface area contributed by atoms with E-state index in [1.165, 1.54) is 12.3 Å². The third-order valence-corrected chi connectivity index (χ3v) is 4.19. The van der Waals surface area contributed by atoms with Gasteiger partial charge in [-0.2, -0.15) is 0 Å². The summed E-state index contributed by atoms with van der Waals surface area (Å²) in [6.45, 7) is 8.39. The van der Waals surface area contributed by atoms with E-state index in [2.05, 4.69) is 0 Å². The minimum atomic E-state index is -3.84. The summed E-state index contributed by atoms with van der Waals surface area (Å²) in [7, 11) is 3.21. The van der Waals surface area contributed by atoms with Gasteiger partial charge in [-0.05, 0) is 25.8 Å². The molecule has 0 saturated heterocycles. The van der Waals surface area contributed by atoms with Crippen LogP contribution in [0.2, 0.25) is 0 Å². The number of nitrogens with zero attached hydrogens (tertiary/aromatic N) is 2. The van der Waals surface area contributed by atoms with Crippen LogP contribution in [-0.2, 0) is 9.05 Å². The van der Waals surface area contributed by atoms with Gasteiger partial charge >= 0.3 is 0 Å². The molecule has 1 heterocycles. The van der Waals surface area contributed by atoms with Crippen molar-refractivity contribution >= 4 is 25.6 Å². The Labute approximate surface area is 124 Å². The van der Waals surface area contributed by atoms with Crippen molar-refractivity contribution in [1.82, 2.24) is 9.47 Å². The molecule has 1 amide bonds. The molecule has 5 nitrogen and oxygen atoms in total. The third-order valence-electron chi connectivity index (χ3n) is 2.87. The first-order valence-corrected chi connectivity index (χ1v) is 8.77. The van der Waals surface area contributed by atoms with Gasteiger partial charge < -0.3 is 9.47 Å². The maximum absolute atomic E-state index is 12.4. The molecule has 0 aliphatic rings. The average Bonchev–Trinajstić information content (AvgIpc) is 2.71. The molecule has 1 aromatic heterocycles. The molecule has 0 bridgehead atoms. The predicted octanol–water partition coefficient (Wildman–Crippen LogP) is 2.72. The Bertz CT molecular complexity index is 591. The zero-order valence-electron chi connectivity index (χ0n) is 12.4. The van der Waals surface area contributed by atoms with E-state index in [4.69, 9.17) is 10.7 Å². The van der Waals surface area contributed by atoms with Gasteiger partial charge in [-0.25, -0.2) is 8.42 Å². The van der Waals surface area contributed by atoms with Crippen molar-refractivity contribution < 1.29 is 13.2 Å². The van der Waals surface area contributed by atoms with Gasteiger partial charge in [0.05, 0.1) is 0 Å². The Morgan fingerprint density at radius 2 is 1.90 bits per heavy atom. The summed E-state index contributed by atoms with van der Waals surface area (Å²) in [6.07, 6.45) is 1.41. The predicted molar refractivity (Wildman–Crippen MR) is 79.7 cm³/mol. The largest absolute Gasteiger partial charge is 0.340 e. The molecule has 1 rings (SSSR count). The molecule has 0 spiro atoms. The highest BCUT2D eigenvalue weighted by atomic mass is 35.7. The van der Waals surface area contributed by atoms with E-state index in [1.54, 1.807) is 16.5 Å². The summed E-state index contributed by atoms with van der Waals surface area (Å²) in [6, 6.07) is 1.30. The van der Waals surface area contributed by atoms with Crippen LogP contribution in [0.1, 0.15) is 44.2 Å². The molecular weight excluding hydrogens is 300 g/mol. The highest BCUT2D eigenvalue weighted by Gasteiger charge is 2.23. The van der Waals surface area contributed by atoms with E-state index >= 15 is 0 Å². The van der Waals surface area contributed by atoms with Crippen molar-refractivity contribution in [1.29, 1.82) is 0 Å². The van der Waals surface area contributed by atoms with Crippen LogP contribution in [0.5, 0.6) is 0 Å². The second kappa shape index (κ2) is 6.18. The van der Waals surface area contributed by atoms with E-state index in [9.17, 15) is 13.2 Å². The van der Waals surface area contributed by atoms with E-state index in [0.29, 0.717) is 18.2 Å². The number of amides is 1. The van der Waals surface area contributed by atoms with Gasteiger partial charge in [-0.15, -0.1) is 0 Å². The monoisotopic (exact) mass is 320 g/mol. The summed E-state index contributed by atoms with van der Waals surface area (Å²) in [5, 5.41) is 0. The van der Waals surface area contributed by atoms with Crippen LogP contribution in [0.4, 0.5) is 0 Å². The number of carbonyl (C=O) groups excluding carboxylic acids is 1. The van der Waals surface area contributed by atoms with Crippen LogP contribution in [0.3, 0.4) is 0 Å². The molecular formula is C13H21ClN2O3S. The van der Waals surface area contributed by atoms with Gasteiger partial charge in [-0.1, -0.05) is 13.8 Å². The van der Waals surface area contributed by atoms with E-state index < -0.39 is 9.05 Å². The van der Waals surface area contributed by atoms with Crippen molar-refractivity contribution in [2.24, 2.45) is 5.92 Å². The Morgan fingerprint density at radius 1 is 1.35 bits per heavy atom. The van der Waals surface area contributed by atoms with Gasteiger partial charge in [0, 0.05) is 36.5 Å². The molecule has 0 aliphatic carbocycles. The fourth-order valence-electron chi connectivity index (χ4n) is 2.01. The van der Waals surface area contributed by atoms with E-state index in [1.807, 2.05) is 27.7 Å². The zero-order chi connectivity index (χ0) is 15.7. The number of aromatic nitrogens is 1. The topological polar surface area (TPSA) is 59.4 Å². The first-order valence-electron chi connectivity index (χ1n) is 6.46. The highest BCUT2D eigenvalue weighted by molar-refractivity contribution is 8.13. The normalized spacial score (nSPS) is 12.2. The Kier molecular flexibility index (Phi) is 5.27. The lowest BCUT2D eigenvalue weighted by molar-refractivity contribution is 0.0767. The molecule has 0 N–H and O–H groups in total. The Morgan fingerprint density at radius 3 is 2.30 bits per heavy atom. The summed E-state index contributed by atoms with van der Waals surface area (Å²) >= 11 is 0. The zero-order valence-corrected chi connectivity index (χ0v) is 14.0. The SMILES string of the molecule is CC(C)CN(C)C(=O)c1cc(S(=O)(=O)Cl)cn1C(C)C. The van der Waals surface area contributed by atoms with E-state index in [0.717, 1.165) is 0 Å². The van der Waals surface area contributed by atoms with Gasteiger partial charge in [0.25, 0.3) is 15.0 Å². The Hall–Kier alpha value is -1.01. The minimum Gasteiger partial charge on any atom is -0.340 e. The second-order valence-electron chi connectivity index (χ2n) is 5.58. The summed E-state index contributed by atoms with van der Waals surface area (Å²) in [5.74, 6) is 0.126. The molecule has 7 heteroatoms. The number of hydrogen-bond donors (Lipinski definition) is 0. The fraction of sp³-hybridized carbons (Fsp3) is 0.615. The van der Waals surface area contributed by atoms with Gasteiger partial charge in [0.2, 0.25) is 0 Å². The lowest BCUT2D eigenvalue weighted by Crippen LogP contribution is -2.32. The second-order valence-corrected chi connectivity index (χ2v) is 8.15. The van der Waals surface area contributed by atoms with Crippen LogP contribution in [0.25, 0.3) is 0 Å². The molecule has 0 saturated carbocycles. The number of halogens is 1. The van der Waals surface area contributed by atoms with E-state index in [-0.39, 0.29) is 16.8 Å². The number of hydrogen-bond acceptors (Lipinski definition) is 3. The molecule has 0 aromatic carbocycles. The molecule has 0 fully saturated rings. The summed E-state index contributed by atoms with van der Waals surface area (Å²) in [5.41, 5.74) is 0.336. The maximum Gasteiger partial charge on any atom is 0.270 e. The minimum absolute atomic E-state index is 0.0337. The smallest absolute Gasteiger partial charge is 0.270 e. The van der Waals surface area contributed by atoms with Crippen molar-refractivity contribution in [3.05, 3.63) is 18.0 Å². The average molecular weight is 321 g/mol. The molecule has 0 aliphatic heterocycles. The van der Waals surface area contributed by atoms with Gasteiger partial charge in [0.1, 0.15) is 10.6 Å². The van der Waals surface area contributed by atoms with Crippen molar-refractivity contribution in [3.63, 3.8) is 0 Å². The Balaban J connectivity index is 3.23. The van der Waals surface area contributed by atoms with Crippen LogP contribution in [0, 0.1) is 5.92 Å². The van der Waals surface area contributed by atoms with Crippen LogP contribution in [-0.4, -0.2) is 37.4 Å². The van der Waals surface area contributed by atoms with Crippen LogP contribution in [0.15, 0.2) is 17.2 Å². The van der Waals surface area contributed by atoms with Crippen molar-refractivity contribution in [2.75, 3.05) is 13.6 Å². The summed E-state index contributed by atoms with van der Waals surface area (Å²) in [4.78, 5) is 14.0. The van der Waals surface area contributed by atoms with Gasteiger partial charge in [-0.3, -0.25) is 4.79 Å². The molecule has 0 atom stereocenters. The molecule has 20 heavy (non-hydrogen) atoms. The van der Waals surface area contributed by atoms with Crippen molar-refractivity contribution in [3.8, 4) is 0 Å². The molecule has 1 aromatic rings. The fourth-order valence-corrected chi connectivity index (χ4v) is 2.76. The molecule has 114 valence electrons. The maximum atomic E-state index is 12.4. The van der Waals surface area contributed by atoms with Crippen molar-refractivity contribution in [2.45, 2.75) is 38.6 Å². The first-order chi connectivity index (χ1) is 9.04. The first kappa shape index (κ1) is 17.0. The van der Waals surface area contributed by atoms with Crippen LogP contribution >= 0.6 is 10.7 Å². The molecule has 0 unspecified atom stereocenters. The van der Waals surface area contributed by atoms with Crippen LogP contribution < -0.4 is 0 Å². The standard InChI is InChI=1S/C13H21ClN2O3S/c1-9(2)7-15(5)13(17)12-6-11(20(14,18)19)8-16(12)10(3)4/h6,8-10H,7H2,1-5H3.